The standard InChI is InChI=1S/C21H19F2N5O/c22-16-3-4-19(17(23)12-16)25-21(29)15-2-1-11-28(13-15)20-6-5-18(26-27-20)14-7-9-24-10-8-14/h3-10,12,15H,1-2,11,13H2,(H,25,29). The first-order valence-corrected chi connectivity index (χ1v) is 9.35. The van der Waals surface area contributed by atoms with Crippen LogP contribution in [0, 0.1) is 17.6 Å². The lowest BCUT2D eigenvalue weighted by molar-refractivity contribution is -0.120. The molecule has 1 atom stereocenters. The molecule has 4 rings (SSSR count). The van der Waals surface area contributed by atoms with Crippen LogP contribution in [0.25, 0.3) is 11.3 Å². The van der Waals surface area contributed by atoms with E-state index < -0.39 is 11.6 Å². The van der Waals surface area contributed by atoms with Crippen LogP contribution in [0.15, 0.2) is 54.9 Å². The number of carbonyl (C=O) groups excluding carboxylic acids is 1. The van der Waals surface area contributed by atoms with Gasteiger partial charge in [0.1, 0.15) is 11.6 Å². The number of anilines is 2. The number of carbonyl (C=O) groups is 1. The third-order valence-corrected chi connectivity index (χ3v) is 4.93. The second-order valence-corrected chi connectivity index (χ2v) is 6.91. The summed E-state index contributed by atoms with van der Waals surface area (Å²) in [6.07, 6.45) is 4.89. The van der Waals surface area contributed by atoms with Crippen molar-refractivity contribution in [3.05, 3.63) is 66.5 Å². The van der Waals surface area contributed by atoms with Crippen LogP contribution in [0.2, 0.25) is 0 Å². The van der Waals surface area contributed by atoms with Gasteiger partial charge in [0.05, 0.1) is 17.3 Å². The number of nitrogens with zero attached hydrogens (tertiary/aromatic N) is 4. The summed E-state index contributed by atoms with van der Waals surface area (Å²) in [5.41, 5.74) is 1.65. The fraction of sp³-hybridized carbons (Fsp3) is 0.238. The molecule has 0 saturated carbocycles. The van der Waals surface area contributed by atoms with E-state index >= 15 is 0 Å². The molecule has 3 aromatic rings. The van der Waals surface area contributed by atoms with Crippen LogP contribution in [0.5, 0.6) is 0 Å². The van der Waals surface area contributed by atoms with Crippen molar-refractivity contribution >= 4 is 17.4 Å². The predicted octanol–water partition coefficient (Wildman–Crippen LogP) is 3.67. The molecule has 0 spiro atoms. The molecular weight excluding hydrogens is 376 g/mol. The van der Waals surface area contributed by atoms with Gasteiger partial charge in [-0.15, -0.1) is 10.2 Å². The predicted molar refractivity (Wildman–Crippen MR) is 105 cm³/mol. The number of nitrogens with one attached hydrogen (secondary N) is 1. The molecule has 1 amide bonds. The molecule has 0 bridgehead atoms. The normalized spacial score (nSPS) is 16.5. The molecule has 1 aliphatic rings. The summed E-state index contributed by atoms with van der Waals surface area (Å²) >= 11 is 0. The lowest BCUT2D eigenvalue weighted by atomic mass is 9.97. The second-order valence-electron chi connectivity index (χ2n) is 6.91. The first kappa shape index (κ1) is 18.9. The van der Waals surface area contributed by atoms with E-state index in [1.165, 1.54) is 6.07 Å². The Labute approximate surface area is 166 Å². The minimum Gasteiger partial charge on any atom is -0.354 e. The van der Waals surface area contributed by atoms with Crippen molar-refractivity contribution in [2.75, 3.05) is 23.3 Å². The Bertz CT molecular complexity index is 998. The summed E-state index contributed by atoms with van der Waals surface area (Å²) in [5.74, 6) is -1.40. The van der Waals surface area contributed by atoms with E-state index in [0.29, 0.717) is 18.8 Å². The zero-order valence-electron chi connectivity index (χ0n) is 15.6. The van der Waals surface area contributed by atoms with Gasteiger partial charge >= 0.3 is 0 Å². The van der Waals surface area contributed by atoms with Crippen molar-refractivity contribution in [1.29, 1.82) is 0 Å². The summed E-state index contributed by atoms with van der Waals surface area (Å²) in [5, 5.41) is 11.1. The molecule has 0 radical (unpaired) electrons. The van der Waals surface area contributed by atoms with Crippen molar-refractivity contribution in [3.8, 4) is 11.3 Å². The van der Waals surface area contributed by atoms with Crippen molar-refractivity contribution in [2.24, 2.45) is 5.92 Å². The van der Waals surface area contributed by atoms with E-state index in [9.17, 15) is 13.6 Å². The molecule has 3 heterocycles. The summed E-state index contributed by atoms with van der Waals surface area (Å²) in [6, 6.07) is 10.6. The van der Waals surface area contributed by atoms with E-state index in [4.69, 9.17) is 0 Å². The van der Waals surface area contributed by atoms with Crippen LogP contribution in [0.4, 0.5) is 20.3 Å². The van der Waals surface area contributed by atoms with Crippen LogP contribution in [-0.4, -0.2) is 34.2 Å². The first-order valence-electron chi connectivity index (χ1n) is 9.35. The lowest BCUT2D eigenvalue weighted by Gasteiger charge is -2.32. The van der Waals surface area contributed by atoms with E-state index in [-0.39, 0.29) is 17.5 Å². The van der Waals surface area contributed by atoms with Gasteiger partial charge in [0.25, 0.3) is 0 Å². The summed E-state index contributed by atoms with van der Waals surface area (Å²) < 4.78 is 26.9. The number of rotatable bonds is 4. The monoisotopic (exact) mass is 395 g/mol. The topological polar surface area (TPSA) is 71.0 Å². The number of benzene rings is 1. The second kappa shape index (κ2) is 8.30. The van der Waals surface area contributed by atoms with Crippen LogP contribution >= 0.6 is 0 Å². The molecule has 6 nitrogen and oxygen atoms in total. The Morgan fingerprint density at radius 1 is 1.07 bits per heavy atom. The zero-order valence-corrected chi connectivity index (χ0v) is 15.6. The lowest BCUT2D eigenvalue weighted by Crippen LogP contribution is -2.41. The quantitative estimate of drug-likeness (QED) is 0.730. The highest BCUT2D eigenvalue weighted by molar-refractivity contribution is 5.93. The van der Waals surface area contributed by atoms with Gasteiger partial charge in [-0.3, -0.25) is 9.78 Å². The SMILES string of the molecule is O=C(Nc1ccc(F)cc1F)C1CCCN(c2ccc(-c3ccncc3)nn2)C1. The number of piperidine rings is 1. The van der Waals surface area contributed by atoms with Crippen molar-refractivity contribution in [3.63, 3.8) is 0 Å². The van der Waals surface area contributed by atoms with Gasteiger partial charge in [-0.1, -0.05) is 0 Å². The highest BCUT2D eigenvalue weighted by Crippen LogP contribution is 2.25. The number of hydrogen-bond acceptors (Lipinski definition) is 5. The molecule has 1 aromatic carbocycles. The Hall–Kier alpha value is -3.42. The van der Waals surface area contributed by atoms with Crippen LogP contribution in [-0.2, 0) is 4.79 Å². The molecule has 1 unspecified atom stereocenters. The number of amides is 1. The molecule has 1 fully saturated rings. The van der Waals surface area contributed by atoms with E-state index in [0.717, 1.165) is 36.4 Å². The minimum absolute atomic E-state index is 0.0185. The Balaban J connectivity index is 1.43. The third-order valence-electron chi connectivity index (χ3n) is 4.93. The third kappa shape index (κ3) is 4.37. The zero-order chi connectivity index (χ0) is 20.2. The van der Waals surface area contributed by atoms with Crippen LogP contribution in [0.3, 0.4) is 0 Å². The highest BCUT2D eigenvalue weighted by atomic mass is 19.1. The van der Waals surface area contributed by atoms with E-state index in [1.54, 1.807) is 12.4 Å². The Morgan fingerprint density at radius 3 is 2.62 bits per heavy atom. The molecular formula is C21H19F2N5O. The van der Waals surface area contributed by atoms with Crippen LogP contribution in [0.1, 0.15) is 12.8 Å². The van der Waals surface area contributed by atoms with Crippen molar-refractivity contribution in [2.45, 2.75) is 12.8 Å². The maximum absolute atomic E-state index is 13.8. The minimum atomic E-state index is -0.788. The van der Waals surface area contributed by atoms with Gasteiger partial charge in [-0.25, -0.2) is 8.78 Å². The maximum Gasteiger partial charge on any atom is 0.229 e. The fourth-order valence-electron chi connectivity index (χ4n) is 3.40. The highest BCUT2D eigenvalue weighted by Gasteiger charge is 2.27. The van der Waals surface area contributed by atoms with E-state index in [2.05, 4.69) is 20.5 Å². The molecule has 0 aliphatic carbocycles. The maximum atomic E-state index is 13.8. The summed E-state index contributed by atoms with van der Waals surface area (Å²) in [7, 11) is 0. The molecule has 29 heavy (non-hydrogen) atoms. The number of pyridine rings is 1. The average Bonchev–Trinajstić information content (AvgIpc) is 2.76. The summed E-state index contributed by atoms with van der Waals surface area (Å²) in [4.78, 5) is 18.6. The van der Waals surface area contributed by atoms with Gasteiger partial charge in [-0.05, 0) is 49.2 Å². The van der Waals surface area contributed by atoms with E-state index in [1.807, 2.05) is 29.2 Å². The average molecular weight is 395 g/mol. The molecule has 2 aromatic heterocycles. The fourth-order valence-corrected chi connectivity index (χ4v) is 3.40. The molecule has 1 N–H and O–H groups in total. The molecule has 1 aliphatic heterocycles. The summed E-state index contributed by atoms with van der Waals surface area (Å²) in [6.45, 7) is 1.22. The van der Waals surface area contributed by atoms with Gasteiger partial charge in [0.15, 0.2) is 5.82 Å². The Morgan fingerprint density at radius 2 is 1.90 bits per heavy atom. The molecule has 8 heteroatoms. The first-order chi connectivity index (χ1) is 14.1. The number of aromatic nitrogens is 3. The number of hydrogen-bond donors (Lipinski definition) is 1. The van der Waals surface area contributed by atoms with Crippen molar-refractivity contribution < 1.29 is 13.6 Å². The largest absolute Gasteiger partial charge is 0.354 e. The van der Waals surface area contributed by atoms with Gasteiger partial charge in [-0.2, -0.15) is 0 Å². The van der Waals surface area contributed by atoms with Crippen LogP contribution < -0.4 is 10.2 Å². The number of halogens is 2. The smallest absolute Gasteiger partial charge is 0.229 e. The Kier molecular flexibility index (Phi) is 5.41. The molecule has 148 valence electrons. The van der Waals surface area contributed by atoms with Crippen molar-refractivity contribution in [1.82, 2.24) is 15.2 Å². The van der Waals surface area contributed by atoms with Gasteiger partial charge in [0.2, 0.25) is 5.91 Å². The van der Waals surface area contributed by atoms with Gasteiger partial charge < -0.3 is 10.2 Å². The molecule has 1 saturated heterocycles. The van der Waals surface area contributed by atoms with Gasteiger partial charge in [0, 0.05) is 37.1 Å².